The number of hydrogen-bond donors (Lipinski definition) is 1. The van der Waals surface area contributed by atoms with Crippen molar-refractivity contribution >= 4 is 27.5 Å². The maximum atomic E-state index is 11.9. The number of rotatable bonds is 3. The van der Waals surface area contributed by atoms with Gasteiger partial charge in [-0.3, -0.25) is 4.79 Å². The van der Waals surface area contributed by atoms with Crippen molar-refractivity contribution in [2.24, 2.45) is 0 Å². The van der Waals surface area contributed by atoms with Gasteiger partial charge in [0.2, 0.25) is 5.91 Å². The molecule has 0 radical (unpaired) electrons. The monoisotopic (exact) mass is 307 g/mol. The maximum Gasteiger partial charge on any atom is 0.240 e. The Balaban J connectivity index is 2.21. The largest absolute Gasteiger partial charge is 0.325 e. The van der Waals surface area contributed by atoms with E-state index in [-0.39, 0.29) is 5.91 Å². The second-order valence-electron chi connectivity index (χ2n) is 4.45. The zero-order valence-electron chi connectivity index (χ0n) is 10.2. The molecule has 1 amide bonds. The van der Waals surface area contributed by atoms with Gasteiger partial charge >= 0.3 is 0 Å². The maximum absolute atomic E-state index is 11.9. The second-order valence-corrected chi connectivity index (χ2v) is 6.43. The molecule has 0 unspecified atom stereocenters. The molecule has 1 N–H and O–H groups in total. The molecule has 0 atom stereocenters. The average molecular weight is 308 g/mol. The lowest BCUT2D eigenvalue weighted by Crippen LogP contribution is -2.30. The number of alkyl halides is 1. The molecule has 18 heavy (non-hydrogen) atoms. The Kier molecular flexibility index (Phi) is 3.52. The minimum absolute atomic E-state index is 0.0784. The molecule has 0 bridgehead atoms. The zero-order chi connectivity index (χ0) is 13.2. The van der Waals surface area contributed by atoms with Gasteiger partial charge in [-0.25, -0.2) is 4.98 Å². The van der Waals surface area contributed by atoms with Gasteiger partial charge in [0.1, 0.15) is 0 Å². The molecule has 4 nitrogen and oxygen atoms in total. The first-order valence-corrected chi connectivity index (χ1v) is 6.35. The van der Waals surface area contributed by atoms with Crippen molar-refractivity contribution in [1.82, 2.24) is 9.55 Å². The first-order valence-electron chi connectivity index (χ1n) is 5.55. The van der Waals surface area contributed by atoms with Crippen LogP contribution in [-0.4, -0.2) is 19.8 Å². The van der Waals surface area contributed by atoms with E-state index in [1.54, 1.807) is 12.5 Å². The molecular weight excluding hydrogens is 294 g/mol. The molecule has 2 aromatic rings. The van der Waals surface area contributed by atoms with Crippen molar-refractivity contribution in [2.75, 3.05) is 5.32 Å². The normalized spacial score (nSPS) is 11.3. The van der Waals surface area contributed by atoms with Crippen molar-refractivity contribution in [3.63, 3.8) is 0 Å². The summed E-state index contributed by atoms with van der Waals surface area (Å²) in [6.45, 7) is 3.62. The molecule has 1 aromatic carbocycles. The molecule has 1 heterocycles. The number of benzene rings is 1. The van der Waals surface area contributed by atoms with Gasteiger partial charge in [0.25, 0.3) is 0 Å². The number of amides is 1. The minimum atomic E-state index is -0.585. The third-order valence-electron chi connectivity index (χ3n) is 2.45. The molecule has 1 aromatic heterocycles. The Labute approximate surface area is 114 Å². The van der Waals surface area contributed by atoms with Crippen LogP contribution in [0.5, 0.6) is 0 Å². The Hall–Kier alpha value is -1.62. The number of nitrogens with one attached hydrogen (secondary N) is 1. The summed E-state index contributed by atoms with van der Waals surface area (Å²) in [6.07, 6.45) is 5.29. The number of anilines is 1. The Morgan fingerprint density at radius 1 is 1.44 bits per heavy atom. The van der Waals surface area contributed by atoms with Crippen molar-refractivity contribution in [3.05, 3.63) is 43.0 Å². The number of nitrogens with zero attached hydrogens (tertiary/aromatic N) is 2. The van der Waals surface area contributed by atoms with Crippen molar-refractivity contribution in [2.45, 2.75) is 18.2 Å². The fourth-order valence-corrected chi connectivity index (χ4v) is 1.53. The number of hydrogen-bond acceptors (Lipinski definition) is 2. The van der Waals surface area contributed by atoms with Gasteiger partial charge in [-0.1, -0.05) is 22.0 Å². The SMILES string of the molecule is CC(C)(Br)C(=O)Nc1cccc(-n2ccnc2)c1. The molecule has 0 spiro atoms. The van der Waals surface area contributed by atoms with E-state index < -0.39 is 4.32 Å². The highest BCUT2D eigenvalue weighted by atomic mass is 79.9. The standard InChI is InChI=1S/C13H14BrN3O/c1-13(2,14)12(18)16-10-4-3-5-11(8-10)17-7-6-15-9-17/h3-9H,1-2H3,(H,16,18). The summed E-state index contributed by atoms with van der Waals surface area (Å²) in [5, 5.41) is 2.86. The second kappa shape index (κ2) is 4.94. The number of aromatic nitrogens is 2. The van der Waals surface area contributed by atoms with E-state index in [1.165, 1.54) is 0 Å². The van der Waals surface area contributed by atoms with E-state index in [4.69, 9.17) is 0 Å². The summed E-state index contributed by atoms with van der Waals surface area (Å²) < 4.78 is 1.30. The molecule has 0 saturated carbocycles. The van der Waals surface area contributed by atoms with Gasteiger partial charge in [0, 0.05) is 23.8 Å². The molecule has 2 rings (SSSR count). The van der Waals surface area contributed by atoms with Crippen molar-refractivity contribution < 1.29 is 4.79 Å². The lowest BCUT2D eigenvalue weighted by Gasteiger charge is -2.16. The summed E-state index contributed by atoms with van der Waals surface area (Å²) >= 11 is 3.33. The van der Waals surface area contributed by atoms with Crippen LogP contribution in [0.15, 0.2) is 43.0 Å². The highest BCUT2D eigenvalue weighted by molar-refractivity contribution is 9.10. The van der Waals surface area contributed by atoms with Gasteiger partial charge in [0.05, 0.1) is 10.7 Å². The van der Waals surface area contributed by atoms with E-state index in [0.29, 0.717) is 0 Å². The number of halogens is 1. The van der Waals surface area contributed by atoms with E-state index in [0.717, 1.165) is 11.4 Å². The summed E-state index contributed by atoms with van der Waals surface area (Å²) in [6, 6.07) is 7.61. The number of carbonyl (C=O) groups is 1. The topological polar surface area (TPSA) is 46.9 Å². The highest BCUT2D eigenvalue weighted by Gasteiger charge is 2.23. The third kappa shape index (κ3) is 2.98. The molecule has 0 aliphatic heterocycles. The van der Waals surface area contributed by atoms with Crippen LogP contribution < -0.4 is 5.32 Å². The lowest BCUT2D eigenvalue weighted by molar-refractivity contribution is -0.117. The molecule has 5 heteroatoms. The summed E-state index contributed by atoms with van der Waals surface area (Å²) in [5.74, 6) is -0.0784. The van der Waals surface area contributed by atoms with E-state index in [9.17, 15) is 4.79 Å². The lowest BCUT2D eigenvalue weighted by atomic mass is 10.2. The van der Waals surface area contributed by atoms with Crippen LogP contribution in [0, 0.1) is 0 Å². The van der Waals surface area contributed by atoms with Gasteiger partial charge in [-0.15, -0.1) is 0 Å². The molecular formula is C13H14BrN3O. The van der Waals surface area contributed by atoms with Crippen LogP contribution in [0.3, 0.4) is 0 Å². The fourth-order valence-electron chi connectivity index (χ4n) is 1.44. The van der Waals surface area contributed by atoms with Gasteiger partial charge in [-0.2, -0.15) is 0 Å². The molecule has 0 fully saturated rings. The van der Waals surface area contributed by atoms with Crippen LogP contribution in [0.4, 0.5) is 5.69 Å². The molecule has 0 aliphatic carbocycles. The first kappa shape index (κ1) is 12.8. The van der Waals surface area contributed by atoms with E-state index >= 15 is 0 Å². The van der Waals surface area contributed by atoms with Crippen molar-refractivity contribution in [1.29, 1.82) is 0 Å². The average Bonchev–Trinajstić information content (AvgIpc) is 2.81. The summed E-state index contributed by atoms with van der Waals surface area (Å²) in [4.78, 5) is 15.9. The summed E-state index contributed by atoms with van der Waals surface area (Å²) in [5.41, 5.74) is 1.72. The summed E-state index contributed by atoms with van der Waals surface area (Å²) in [7, 11) is 0. The molecule has 0 saturated heterocycles. The van der Waals surface area contributed by atoms with Gasteiger partial charge < -0.3 is 9.88 Å². The Bertz CT molecular complexity index is 544. The predicted molar refractivity (Wildman–Crippen MR) is 75.2 cm³/mol. The Morgan fingerprint density at radius 2 is 2.22 bits per heavy atom. The van der Waals surface area contributed by atoms with Crippen LogP contribution in [-0.2, 0) is 4.79 Å². The van der Waals surface area contributed by atoms with Gasteiger partial charge in [-0.05, 0) is 32.0 Å². The first-order chi connectivity index (χ1) is 8.47. The van der Waals surface area contributed by atoms with Crippen LogP contribution in [0.2, 0.25) is 0 Å². The minimum Gasteiger partial charge on any atom is -0.325 e. The fraction of sp³-hybridized carbons (Fsp3) is 0.231. The smallest absolute Gasteiger partial charge is 0.240 e. The number of imidazole rings is 1. The predicted octanol–water partition coefficient (Wildman–Crippen LogP) is 2.98. The third-order valence-corrected chi connectivity index (χ3v) is 2.81. The number of carbonyl (C=O) groups excluding carboxylic acids is 1. The van der Waals surface area contributed by atoms with Crippen LogP contribution >= 0.6 is 15.9 Å². The highest BCUT2D eigenvalue weighted by Crippen LogP contribution is 2.20. The Morgan fingerprint density at radius 3 is 2.83 bits per heavy atom. The van der Waals surface area contributed by atoms with Gasteiger partial charge in [0.15, 0.2) is 0 Å². The van der Waals surface area contributed by atoms with E-state index in [2.05, 4.69) is 26.2 Å². The van der Waals surface area contributed by atoms with Crippen molar-refractivity contribution in [3.8, 4) is 5.69 Å². The van der Waals surface area contributed by atoms with Crippen LogP contribution in [0.1, 0.15) is 13.8 Å². The molecule has 94 valence electrons. The van der Waals surface area contributed by atoms with Crippen LogP contribution in [0.25, 0.3) is 5.69 Å². The molecule has 0 aliphatic rings. The van der Waals surface area contributed by atoms with E-state index in [1.807, 2.05) is 48.9 Å². The quantitative estimate of drug-likeness (QED) is 0.886. The zero-order valence-corrected chi connectivity index (χ0v) is 11.8.